The lowest BCUT2D eigenvalue weighted by Gasteiger charge is -2.26. The first-order chi connectivity index (χ1) is 9.52. The van der Waals surface area contributed by atoms with Gasteiger partial charge in [-0.05, 0) is 30.4 Å². The van der Waals surface area contributed by atoms with Crippen molar-refractivity contribution in [2.75, 3.05) is 7.05 Å². The molecule has 0 radical (unpaired) electrons. The van der Waals surface area contributed by atoms with Crippen LogP contribution in [0.5, 0.6) is 0 Å². The highest BCUT2D eigenvalue weighted by atomic mass is 16.2. The van der Waals surface area contributed by atoms with Crippen LogP contribution < -0.4 is 5.73 Å². The molecule has 0 heterocycles. The summed E-state index contributed by atoms with van der Waals surface area (Å²) in [5, 5.41) is 0. The summed E-state index contributed by atoms with van der Waals surface area (Å²) in [6.45, 7) is 2.81. The van der Waals surface area contributed by atoms with Crippen molar-refractivity contribution in [2.24, 2.45) is 5.73 Å². The van der Waals surface area contributed by atoms with E-state index in [1.165, 1.54) is 11.1 Å². The minimum absolute atomic E-state index is 0.161. The molecule has 1 saturated carbocycles. The van der Waals surface area contributed by atoms with Gasteiger partial charge in [-0.1, -0.05) is 44.0 Å². The standard InChI is InChI=1S/C17H26N2O/c1-3-14-6-8-15(9-7-14)13-19(2)16(20)12-17(18)10-4-5-11-17/h6-9H,3-5,10-13,18H2,1-2H3. The monoisotopic (exact) mass is 274 g/mol. The van der Waals surface area contributed by atoms with E-state index in [1.807, 2.05) is 7.05 Å². The smallest absolute Gasteiger partial charge is 0.224 e. The van der Waals surface area contributed by atoms with Gasteiger partial charge in [-0.3, -0.25) is 4.79 Å². The van der Waals surface area contributed by atoms with Crippen LogP contribution in [0.3, 0.4) is 0 Å². The molecule has 0 aliphatic heterocycles. The number of amides is 1. The zero-order valence-electron chi connectivity index (χ0n) is 12.7. The number of hydrogen-bond donors (Lipinski definition) is 1. The van der Waals surface area contributed by atoms with Gasteiger partial charge >= 0.3 is 0 Å². The molecule has 0 bridgehead atoms. The molecule has 3 heteroatoms. The lowest BCUT2D eigenvalue weighted by atomic mass is 9.94. The van der Waals surface area contributed by atoms with Crippen LogP contribution in [0, 0.1) is 0 Å². The summed E-state index contributed by atoms with van der Waals surface area (Å²) in [6, 6.07) is 8.48. The lowest BCUT2D eigenvalue weighted by molar-refractivity contribution is -0.131. The van der Waals surface area contributed by atoms with E-state index in [9.17, 15) is 4.79 Å². The van der Waals surface area contributed by atoms with E-state index in [2.05, 4.69) is 31.2 Å². The van der Waals surface area contributed by atoms with Crippen molar-refractivity contribution in [2.45, 2.75) is 57.5 Å². The number of carbonyl (C=O) groups excluding carboxylic acids is 1. The summed E-state index contributed by atoms with van der Waals surface area (Å²) in [5.74, 6) is 0.161. The van der Waals surface area contributed by atoms with Crippen LogP contribution in [0.4, 0.5) is 0 Å². The van der Waals surface area contributed by atoms with Crippen molar-refractivity contribution in [3.05, 3.63) is 35.4 Å². The molecule has 1 fully saturated rings. The van der Waals surface area contributed by atoms with E-state index in [-0.39, 0.29) is 11.4 Å². The first-order valence-corrected chi connectivity index (χ1v) is 7.63. The van der Waals surface area contributed by atoms with Crippen molar-refractivity contribution < 1.29 is 4.79 Å². The normalized spacial score (nSPS) is 17.1. The highest BCUT2D eigenvalue weighted by Gasteiger charge is 2.32. The van der Waals surface area contributed by atoms with Gasteiger partial charge in [0.05, 0.1) is 0 Å². The molecule has 0 unspecified atom stereocenters. The van der Waals surface area contributed by atoms with E-state index in [0.29, 0.717) is 13.0 Å². The van der Waals surface area contributed by atoms with Crippen LogP contribution in [-0.2, 0) is 17.8 Å². The van der Waals surface area contributed by atoms with E-state index >= 15 is 0 Å². The largest absolute Gasteiger partial charge is 0.341 e. The summed E-state index contributed by atoms with van der Waals surface area (Å²) >= 11 is 0. The van der Waals surface area contributed by atoms with Gasteiger partial charge in [-0.2, -0.15) is 0 Å². The summed E-state index contributed by atoms with van der Waals surface area (Å²) in [6.07, 6.45) is 5.81. The van der Waals surface area contributed by atoms with E-state index in [4.69, 9.17) is 5.73 Å². The summed E-state index contributed by atoms with van der Waals surface area (Å²) < 4.78 is 0. The predicted molar refractivity (Wildman–Crippen MR) is 82.3 cm³/mol. The molecule has 1 amide bonds. The summed E-state index contributed by atoms with van der Waals surface area (Å²) in [7, 11) is 1.87. The maximum Gasteiger partial charge on any atom is 0.224 e. The molecule has 0 spiro atoms. The van der Waals surface area contributed by atoms with Crippen LogP contribution in [0.2, 0.25) is 0 Å². The minimum Gasteiger partial charge on any atom is -0.341 e. The molecule has 1 aliphatic carbocycles. The van der Waals surface area contributed by atoms with Crippen LogP contribution in [0.25, 0.3) is 0 Å². The third-order valence-electron chi connectivity index (χ3n) is 4.38. The molecule has 1 aromatic carbocycles. The number of rotatable bonds is 5. The maximum absolute atomic E-state index is 12.3. The second-order valence-corrected chi connectivity index (χ2v) is 6.17. The number of benzene rings is 1. The van der Waals surface area contributed by atoms with Crippen LogP contribution in [0.15, 0.2) is 24.3 Å². The van der Waals surface area contributed by atoms with Gasteiger partial charge in [-0.25, -0.2) is 0 Å². The molecule has 110 valence electrons. The molecule has 0 aromatic heterocycles. The van der Waals surface area contributed by atoms with Crippen molar-refractivity contribution in [3.63, 3.8) is 0 Å². The Kier molecular flexibility index (Phi) is 4.81. The molecule has 0 atom stereocenters. The first kappa shape index (κ1) is 15.0. The molecule has 3 nitrogen and oxygen atoms in total. The SMILES string of the molecule is CCc1ccc(CN(C)C(=O)CC2(N)CCCC2)cc1. The fourth-order valence-electron chi connectivity index (χ4n) is 2.93. The average molecular weight is 274 g/mol. The Labute approximate surface area is 122 Å². The summed E-state index contributed by atoms with van der Waals surface area (Å²) in [4.78, 5) is 14.1. The Morgan fingerprint density at radius 1 is 1.20 bits per heavy atom. The lowest BCUT2D eigenvalue weighted by Crippen LogP contribution is -2.42. The van der Waals surface area contributed by atoms with Crippen molar-refractivity contribution >= 4 is 5.91 Å². The van der Waals surface area contributed by atoms with Crippen molar-refractivity contribution in [1.82, 2.24) is 4.90 Å². The number of nitrogens with two attached hydrogens (primary N) is 1. The predicted octanol–water partition coefficient (Wildman–Crippen LogP) is 2.87. The van der Waals surface area contributed by atoms with Gasteiger partial charge in [0.15, 0.2) is 0 Å². The second-order valence-electron chi connectivity index (χ2n) is 6.17. The van der Waals surface area contributed by atoms with E-state index < -0.39 is 0 Å². The van der Waals surface area contributed by atoms with Crippen molar-refractivity contribution in [1.29, 1.82) is 0 Å². The minimum atomic E-state index is -0.253. The molecule has 20 heavy (non-hydrogen) atoms. The van der Waals surface area contributed by atoms with Gasteiger partial charge in [0, 0.05) is 25.6 Å². The molecule has 0 saturated heterocycles. The molecular formula is C17H26N2O. The Balaban J connectivity index is 1.89. The third-order valence-corrected chi connectivity index (χ3v) is 4.38. The van der Waals surface area contributed by atoms with Gasteiger partial charge in [0.25, 0.3) is 0 Å². The Morgan fingerprint density at radius 3 is 2.30 bits per heavy atom. The molecule has 2 N–H and O–H groups in total. The second kappa shape index (κ2) is 6.40. The van der Waals surface area contributed by atoms with Gasteiger partial charge < -0.3 is 10.6 Å². The Bertz CT molecular complexity index is 447. The van der Waals surface area contributed by atoms with E-state index in [0.717, 1.165) is 32.1 Å². The average Bonchev–Trinajstić information content (AvgIpc) is 2.86. The molecule has 2 rings (SSSR count). The number of nitrogens with zero attached hydrogens (tertiary/aromatic N) is 1. The molecule has 1 aliphatic rings. The van der Waals surface area contributed by atoms with Crippen molar-refractivity contribution in [3.8, 4) is 0 Å². The van der Waals surface area contributed by atoms with Crippen LogP contribution >= 0.6 is 0 Å². The van der Waals surface area contributed by atoms with Gasteiger partial charge in [0.2, 0.25) is 5.91 Å². The Hall–Kier alpha value is -1.35. The Morgan fingerprint density at radius 2 is 1.75 bits per heavy atom. The number of carbonyl (C=O) groups is 1. The topological polar surface area (TPSA) is 46.3 Å². The number of aryl methyl sites for hydroxylation is 1. The fraction of sp³-hybridized carbons (Fsp3) is 0.588. The molecular weight excluding hydrogens is 248 g/mol. The fourth-order valence-corrected chi connectivity index (χ4v) is 2.93. The van der Waals surface area contributed by atoms with Gasteiger partial charge in [0.1, 0.15) is 0 Å². The summed E-state index contributed by atoms with van der Waals surface area (Å²) in [5.41, 5.74) is 8.53. The van der Waals surface area contributed by atoms with Crippen LogP contribution in [-0.4, -0.2) is 23.4 Å². The molecule has 1 aromatic rings. The quantitative estimate of drug-likeness (QED) is 0.897. The highest BCUT2D eigenvalue weighted by Crippen LogP contribution is 2.30. The van der Waals surface area contributed by atoms with Gasteiger partial charge in [-0.15, -0.1) is 0 Å². The third kappa shape index (κ3) is 3.83. The zero-order chi connectivity index (χ0) is 14.6. The van der Waals surface area contributed by atoms with Crippen LogP contribution in [0.1, 0.15) is 50.2 Å². The van der Waals surface area contributed by atoms with E-state index in [1.54, 1.807) is 4.90 Å². The zero-order valence-corrected chi connectivity index (χ0v) is 12.7. The highest BCUT2D eigenvalue weighted by molar-refractivity contribution is 5.77. The maximum atomic E-state index is 12.3. The first-order valence-electron chi connectivity index (χ1n) is 7.63. The number of hydrogen-bond acceptors (Lipinski definition) is 2.